The molecule has 9 aromatic carbocycles. The van der Waals surface area contributed by atoms with Crippen LogP contribution in [0.4, 0.5) is 17.1 Å². The van der Waals surface area contributed by atoms with Crippen molar-refractivity contribution >= 4 is 17.1 Å². The van der Waals surface area contributed by atoms with Crippen molar-refractivity contribution in [2.45, 2.75) is 83.0 Å². The second-order valence-electron chi connectivity index (χ2n) is 21.5. The Morgan fingerprint density at radius 1 is 0.324 bits per heavy atom. The molecular formula is C67H61N. The first-order chi connectivity index (χ1) is 32.8. The average Bonchev–Trinajstić information content (AvgIpc) is 3.82. The maximum Gasteiger partial charge on any atom is 0.0714 e. The summed E-state index contributed by atoms with van der Waals surface area (Å²) in [6.45, 7) is 18.3. The monoisotopic (exact) mass is 879 g/mol. The number of fused-ring (bicyclic) bond motifs is 6. The Balaban J connectivity index is 1.16. The van der Waals surface area contributed by atoms with Crippen LogP contribution in [-0.2, 0) is 21.7 Å². The first-order valence-corrected chi connectivity index (χ1v) is 24.5. The molecule has 68 heavy (non-hydrogen) atoms. The van der Waals surface area contributed by atoms with E-state index in [1.54, 1.807) is 0 Å². The highest BCUT2D eigenvalue weighted by Crippen LogP contribution is 2.59. The van der Waals surface area contributed by atoms with Crippen LogP contribution in [0.3, 0.4) is 0 Å². The van der Waals surface area contributed by atoms with Crippen molar-refractivity contribution < 1.29 is 0 Å². The van der Waals surface area contributed by atoms with Gasteiger partial charge in [-0.1, -0.05) is 237 Å². The van der Waals surface area contributed by atoms with Crippen molar-refractivity contribution in [3.05, 3.63) is 280 Å². The van der Waals surface area contributed by atoms with Crippen LogP contribution >= 0.6 is 0 Å². The first kappa shape index (κ1) is 43.4. The highest BCUT2D eigenvalue weighted by atomic mass is 15.1. The molecule has 0 spiro atoms. The van der Waals surface area contributed by atoms with Gasteiger partial charge in [-0.3, -0.25) is 0 Å². The Labute approximate surface area is 404 Å². The Morgan fingerprint density at radius 2 is 0.706 bits per heavy atom. The van der Waals surface area contributed by atoms with E-state index < -0.39 is 10.8 Å². The molecule has 0 saturated heterocycles. The molecule has 1 nitrogen and oxygen atoms in total. The summed E-state index contributed by atoms with van der Waals surface area (Å²) in [4.78, 5) is 2.50. The van der Waals surface area contributed by atoms with Gasteiger partial charge in [0, 0.05) is 17.1 Å². The van der Waals surface area contributed by atoms with Crippen LogP contribution in [0.15, 0.2) is 218 Å². The summed E-state index contributed by atoms with van der Waals surface area (Å²) in [5.41, 5.74) is 21.8. The molecule has 11 rings (SSSR count). The van der Waals surface area contributed by atoms with Crippen LogP contribution in [-0.4, -0.2) is 0 Å². The second-order valence-corrected chi connectivity index (χ2v) is 21.5. The molecule has 0 heterocycles. The maximum atomic E-state index is 2.50. The van der Waals surface area contributed by atoms with Crippen molar-refractivity contribution in [3.63, 3.8) is 0 Å². The van der Waals surface area contributed by atoms with Crippen molar-refractivity contribution in [2.24, 2.45) is 0 Å². The van der Waals surface area contributed by atoms with Gasteiger partial charge in [-0.05, 0) is 137 Å². The third kappa shape index (κ3) is 6.73. The summed E-state index contributed by atoms with van der Waals surface area (Å²) in [6.07, 6.45) is 0. The Bertz CT molecular complexity index is 3290. The van der Waals surface area contributed by atoms with E-state index in [1.165, 1.54) is 83.5 Å². The summed E-state index contributed by atoms with van der Waals surface area (Å²) in [7, 11) is 0. The fourth-order valence-electron chi connectivity index (χ4n) is 11.7. The molecule has 0 saturated carbocycles. The molecular weight excluding hydrogens is 819 g/mol. The van der Waals surface area contributed by atoms with E-state index in [9.17, 15) is 0 Å². The van der Waals surface area contributed by atoms with Crippen LogP contribution < -0.4 is 4.90 Å². The molecule has 334 valence electrons. The maximum absolute atomic E-state index is 2.50. The van der Waals surface area contributed by atoms with E-state index in [2.05, 4.69) is 279 Å². The van der Waals surface area contributed by atoms with Gasteiger partial charge in [0.05, 0.1) is 10.8 Å². The molecule has 0 fully saturated rings. The molecule has 0 radical (unpaired) electrons. The van der Waals surface area contributed by atoms with Gasteiger partial charge in [-0.25, -0.2) is 0 Å². The lowest BCUT2D eigenvalue weighted by Crippen LogP contribution is -2.29. The van der Waals surface area contributed by atoms with E-state index in [-0.39, 0.29) is 10.8 Å². The molecule has 0 N–H and O–H groups in total. The molecule has 9 aromatic rings. The van der Waals surface area contributed by atoms with Gasteiger partial charge < -0.3 is 4.90 Å². The lowest BCUT2D eigenvalue weighted by Gasteiger charge is -2.36. The number of rotatable bonds is 8. The molecule has 0 aromatic heterocycles. The van der Waals surface area contributed by atoms with Crippen LogP contribution in [0, 0.1) is 0 Å². The zero-order chi connectivity index (χ0) is 47.0. The van der Waals surface area contributed by atoms with E-state index in [1.807, 2.05) is 0 Å². The highest BCUT2D eigenvalue weighted by molar-refractivity contribution is 5.92. The molecule has 2 unspecified atom stereocenters. The van der Waals surface area contributed by atoms with Crippen LogP contribution in [0.2, 0.25) is 0 Å². The third-order valence-electron chi connectivity index (χ3n) is 15.2. The number of anilines is 3. The molecule has 1 heteroatoms. The summed E-state index contributed by atoms with van der Waals surface area (Å²) in [5, 5.41) is 0. The van der Waals surface area contributed by atoms with Gasteiger partial charge >= 0.3 is 0 Å². The highest BCUT2D eigenvalue weighted by Gasteiger charge is 2.48. The Morgan fingerprint density at radius 3 is 1.21 bits per heavy atom. The average molecular weight is 880 g/mol. The van der Waals surface area contributed by atoms with Gasteiger partial charge in [-0.2, -0.15) is 0 Å². The lowest BCUT2D eigenvalue weighted by atomic mass is 9.67. The van der Waals surface area contributed by atoms with Crippen molar-refractivity contribution in [1.82, 2.24) is 0 Å². The van der Waals surface area contributed by atoms with Gasteiger partial charge in [0.2, 0.25) is 0 Å². The predicted molar refractivity (Wildman–Crippen MR) is 287 cm³/mol. The SMILES string of the molecule is CC(C)c1ccc(N(c2ccc3c(c2)-c2ccccc2C3(c2ccccc2)c2ccc(C(C)(C)C)cc2)c2ccc3c(c2)C(c2ccccc2)(c2ccc(C(C)(C)C)cc2)c2ccccc2-3)cc1. The van der Waals surface area contributed by atoms with Gasteiger partial charge in [0.1, 0.15) is 0 Å². The smallest absolute Gasteiger partial charge is 0.0714 e. The fraction of sp³-hybridized carbons (Fsp3) is 0.194. The largest absolute Gasteiger partial charge is 0.310 e. The summed E-state index contributed by atoms with van der Waals surface area (Å²) in [6, 6.07) is 83.3. The predicted octanol–water partition coefficient (Wildman–Crippen LogP) is 17.6. The number of benzene rings is 9. The summed E-state index contributed by atoms with van der Waals surface area (Å²) >= 11 is 0. The van der Waals surface area contributed by atoms with E-state index in [4.69, 9.17) is 0 Å². The van der Waals surface area contributed by atoms with Crippen LogP contribution in [0.1, 0.15) is 123 Å². The number of hydrogen-bond acceptors (Lipinski definition) is 1. The Kier molecular flexibility index (Phi) is 10.4. The van der Waals surface area contributed by atoms with Gasteiger partial charge in [-0.15, -0.1) is 0 Å². The topological polar surface area (TPSA) is 3.24 Å². The number of nitrogens with zero attached hydrogens (tertiary/aromatic N) is 1. The molecule has 0 bridgehead atoms. The first-order valence-electron chi connectivity index (χ1n) is 24.5. The van der Waals surface area contributed by atoms with E-state index in [0.29, 0.717) is 5.92 Å². The van der Waals surface area contributed by atoms with E-state index >= 15 is 0 Å². The minimum atomic E-state index is -0.540. The van der Waals surface area contributed by atoms with Crippen molar-refractivity contribution in [2.75, 3.05) is 4.90 Å². The van der Waals surface area contributed by atoms with Crippen molar-refractivity contribution in [3.8, 4) is 22.3 Å². The lowest BCUT2D eigenvalue weighted by molar-refractivity contribution is 0.589. The fourth-order valence-corrected chi connectivity index (χ4v) is 11.7. The van der Waals surface area contributed by atoms with Gasteiger partial charge in [0.15, 0.2) is 0 Å². The second kappa shape index (κ2) is 16.2. The van der Waals surface area contributed by atoms with E-state index in [0.717, 1.165) is 17.1 Å². The van der Waals surface area contributed by atoms with Gasteiger partial charge in [0.25, 0.3) is 0 Å². The normalized spacial score (nSPS) is 17.1. The van der Waals surface area contributed by atoms with Crippen molar-refractivity contribution in [1.29, 1.82) is 0 Å². The summed E-state index contributed by atoms with van der Waals surface area (Å²) < 4.78 is 0. The summed E-state index contributed by atoms with van der Waals surface area (Å²) in [5.74, 6) is 0.423. The van der Waals surface area contributed by atoms with Crippen LogP contribution in [0.5, 0.6) is 0 Å². The quantitative estimate of drug-likeness (QED) is 0.147. The molecule has 2 aliphatic carbocycles. The zero-order valence-corrected chi connectivity index (χ0v) is 40.8. The molecule has 2 aliphatic rings. The number of hydrogen-bond donors (Lipinski definition) is 0. The molecule has 0 amide bonds. The third-order valence-corrected chi connectivity index (χ3v) is 15.2. The molecule has 0 aliphatic heterocycles. The van der Waals surface area contributed by atoms with Crippen LogP contribution in [0.25, 0.3) is 22.3 Å². The minimum absolute atomic E-state index is 0.0384. The minimum Gasteiger partial charge on any atom is -0.310 e. The molecule has 2 atom stereocenters. The Hall–Kier alpha value is -7.22. The zero-order valence-electron chi connectivity index (χ0n) is 40.8. The standard InChI is InChI=1S/C67H61N/c1-45(2)46-27-37-53(38-28-46)68(54-40-42-62-59(43-54)57-24-16-18-26-61(57)66(62,49-19-11-9-12-20-49)51-33-29-47(30-34-51)64(3,4)5)55-39-41-58-56-23-15-17-25-60(56)67(63(58)44-55,50-21-13-10-14-22-50)52-35-31-48(32-36-52)65(6,7)8/h9-45H,1-8H3.